The van der Waals surface area contributed by atoms with E-state index in [2.05, 4.69) is 17.2 Å². The summed E-state index contributed by atoms with van der Waals surface area (Å²) in [5.74, 6) is 0.467. The Hall–Kier alpha value is -2.82. The van der Waals surface area contributed by atoms with E-state index in [-0.39, 0.29) is 41.8 Å². The summed E-state index contributed by atoms with van der Waals surface area (Å²) >= 11 is 6.64. The van der Waals surface area contributed by atoms with Crippen molar-refractivity contribution < 1.29 is 27.5 Å². The zero-order valence-electron chi connectivity index (χ0n) is 23.0. The minimum Gasteiger partial charge on any atom is -0.487 e. The number of alkyl halides is 3. The van der Waals surface area contributed by atoms with E-state index in [4.69, 9.17) is 16.3 Å². The molecule has 1 aromatic heterocycles. The molecule has 1 aliphatic carbocycles. The first-order valence-corrected chi connectivity index (χ1v) is 14.3. The number of carbonyl (C=O) groups is 2. The van der Waals surface area contributed by atoms with Gasteiger partial charge in [0.15, 0.2) is 5.69 Å². The van der Waals surface area contributed by atoms with Gasteiger partial charge in [0.25, 0.3) is 0 Å². The van der Waals surface area contributed by atoms with Gasteiger partial charge in [-0.1, -0.05) is 43.5 Å². The molecular weight excluding hydrogens is 547 g/mol. The van der Waals surface area contributed by atoms with Crippen LogP contribution in [0.2, 0.25) is 5.02 Å². The molecule has 0 N–H and O–H groups in total. The van der Waals surface area contributed by atoms with Gasteiger partial charge in [0.05, 0.1) is 6.04 Å². The van der Waals surface area contributed by atoms with Crippen LogP contribution in [0.3, 0.4) is 0 Å². The fourth-order valence-corrected chi connectivity index (χ4v) is 6.79. The molecular formula is C28H35ClF3N5O3. The molecule has 0 spiro atoms. The van der Waals surface area contributed by atoms with Gasteiger partial charge >= 0.3 is 6.18 Å². The van der Waals surface area contributed by atoms with Crippen molar-refractivity contribution in [3.05, 3.63) is 39.7 Å². The Labute approximate surface area is 236 Å². The number of amides is 2. The zero-order valence-corrected chi connectivity index (χ0v) is 23.8. The van der Waals surface area contributed by atoms with Crippen LogP contribution in [-0.2, 0) is 35.8 Å². The molecule has 2 aromatic rings. The number of hydrogen-bond donors (Lipinski definition) is 0. The lowest BCUT2D eigenvalue weighted by Gasteiger charge is -2.43. The molecule has 218 valence electrons. The second kappa shape index (κ2) is 11.2. The van der Waals surface area contributed by atoms with Crippen molar-refractivity contribution >= 4 is 23.4 Å². The lowest BCUT2D eigenvalue weighted by atomic mass is 9.78. The van der Waals surface area contributed by atoms with Crippen molar-refractivity contribution in [2.45, 2.75) is 71.2 Å². The Kier molecular flexibility index (Phi) is 8.05. The highest BCUT2D eigenvalue weighted by molar-refractivity contribution is 6.31. The van der Waals surface area contributed by atoms with Crippen LogP contribution < -0.4 is 4.74 Å². The third-order valence-corrected chi connectivity index (χ3v) is 9.13. The number of halogens is 4. The van der Waals surface area contributed by atoms with Crippen molar-refractivity contribution in [3.8, 4) is 5.75 Å². The highest BCUT2D eigenvalue weighted by Crippen LogP contribution is 2.43. The van der Waals surface area contributed by atoms with Crippen molar-refractivity contribution in [2.75, 3.05) is 19.6 Å². The number of likely N-dealkylation sites (tertiary alicyclic amines) is 1. The van der Waals surface area contributed by atoms with Crippen LogP contribution in [-0.4, -0.2) is 56.2 Å². The van der Waals surface area contributed by atoms with Crippen LogP contribution in [0.1, 0.15) is 74.5 Å². The topological polar surface area (TPSA) is 80.6 Å². The fourth-order valence-electron chi connectivity index (χ4n) is 6.53. The maximum absolute atomic E-state index is 14.0. The number of rotatable bonds is 6. The molecule has 1 aromatic carbocycles. The summed E-state index contributed by atoms with van der Waals surface area (Å²) in [6.07, 6.45) is 0.488. The predicted octanol–water partition coefficient (Wildman–Crippen LogP) is 5.19. The maximum atomic E-state index is 14.0. The highest BCUT2D eigenvalue weighted by atomic mass is 35.5. The van der Waals surface area contributed by atoms with Crippen LogP contribution in [0.5, 0.6) is 5.75 Å². The first kappa shape index (κ1) is 28.7. The molecule has 2 aliphatic heterocycles. The number of fused-ring (bicyclic) bond motifs is 1. The SMILES string of the molecule is C[C@H]1CCN(C[C@@H]2c3c(OCc4nnn(C)c4C(F)(F)F)ccc(Cl)c3CCN2C(=O)[C@@H]2CCCC[C@@H]2C)C1=O. The van der Waals surface area contributed by atoms with Gasteiger partial charge in [-0.25, -0.2) is 4.68 Å². The number of ether oxygens (including phenoxy) is 1. The van der Waals surface area contributed by atoms with Crippen molar-refractivity contribution in [1.82, 2.24) is 24.8 Å². The fraction of sp³-hybridized carbons (Fsp3) is 0.643. The van der Waals surface area contributed by atoms with Gasteiger partial charge in [0, 0.05) is 49.1 Å². The molecule has 0 bridgehead atoms. The Morgan fingerprint density at radius 2 is 1.90 bits per heavy atom. The maximum Gasteiger partial charge on any atom is 0.435 e. The van der Waals surface area contributed by atoms with E-state index in [9.17, 15) is 22.8 Å². The summed E-state index contributed by atoms with van der Waals surface area (Å²) in [6, 6.07) is 2.76. The highest BCUT2D eigenvalue weighted by Gasteiger charge is 2.42. The third kappa shape index (κ3) is 5.41. The summed E-state index contributed by atoms with van der Waals surface area (Å²) in [7, 11) is 1.18. The number of carbonyl (C=O) groups excluding carboxylic acids is 2. The number of nitrogens with zero attached hydrogens (tertiary/aromatic N) is 5. The van der Waals surface area contributed by atoms with Crippen LogP contribution in [0.4, 0.5) is 13.2 Å². The molecule has 1 saturated heterocycles. The summed E-state index contributed by atoms with van der Waals surface area (Å²) < 4.78 is 47.6. The van der Waals surface area contributed by atoms with Crippen molar-refractivity contribution in [2.24, 2.45) is 24.8 Å². The Morgan fingerprint density at radius 3 is 2.58 bits per heavy atom. The smallest absolute Gasteiger partial charge is 0.435 e. The summed E-state index contributed by atoms with van der Waals surface area (Å²) in [5.41, 5.74) is 0.130. The largest absolute Gasteiger partial charge is 0.487 e. The number of benzene rings is 1. The molecule has 2 amide bonds. The quantitative estimate of drug-likeness (QED) is 0.469. The molecule has 3 heterocycles. The van der Waals surface area contributed by atoms with Gasteiger partial charge in [-0.05, 0) is 49.3 Å². The van der Waals surface area contributed by atoms with Crippen LogP contribution in [0.25, 0.3) is 0 Å². The third-order valence-electron chi connectivity index (χ3n) is 8.77. The van der Waals surface area contributed by atoms with Crippen molar-refractivity contribution in [1.29, 1.82) is 0 Å². The Bertz CT molecular complexity index is 1280. The van der Waals surface area contributed by atoms with Crippen molar-refractivity contribution in [3.63, 3.8) is 0 Å². The normalized spacial score (nSPS) is 25.3. The number of hydrogen-bond acceptors (Lipinski definition) is 5. The number of aryl methyl sites for hydroxylation is 1. The first-order valence-electron chi connectivity index (χ1n) is 14.0. The molecule has 3 aliphatic rings. The Morgan fingerprint density at radius 1 is 1.15 bits per heavy atom. The van der Waals surface area contributed by atoms with E-state index in [0.29, 0.717) is 40.5 Å². The van der Waals surface area contributed by atoms with Gasteiger partial charge < -0.3 is 14.5 Å². The molecule has 2 fully saturated rings. The van der Waals surface area contributed by atoms with Gasteiger partial charge in [0.2, 0.25) is 11.8 Å². The summed E-state index contributed by atoms with van der Waals surface area (Å²) in [6.45, 7) is 4.86. The lowest BCUT2D eigenvalue weighted by molar-refractivity contribution is -0.145. The first-order chi connectivity index (χ1) is 19.0. The molecule has 40 heavy (non-hydrogen) atoms. The van der Waals surface area contributed by atoms with E-state index < -0.39 is 24.5 Å². The minimum absolute atomic E-state index is 0.0319. The minimum atomic E-state index is -4.65. The lowest BCUT2D eigenvalue weighted by Crippen LogP contribution is -2.49. The molecule has 0 radical (unpaired) electrons. The average Bonchev–Trinajstić information content (AvgIpc) is 3.45. The second-order valence-electron chi connectivity index (χ2n) is 11.4. The monoisotopic (exact) mass is 581 g/mol. The molecule has 1 saturated carbocycles. The molecule has 8 nitrogen and oxygen atoms in total. The van der Waals surface area contributed by atoms with Crippen LogP contribution in [0, 0.1) is 17.8 Å². The summed E-state index contributed by atoms with van der Waals surface area (Å²) in [5, 5.41) is 7.72. The zero-order chi connectivity index (χ0) is 28.8. The Balaban J connectivity index is 1.52. The van der Waals surface area contributed by atoms with Crippen LogP contribution >= 0.6 is 11.6 Å². The van der Waals surface area contributed by atoms with Gasteiger partial charge in [0.1, 0.15) is 18.1 Å². The molecule has 0 unspecified atom stereocenters. The van der Waals surface area contributed by atoms with E-state index in [1.807, 2.05) is 11.8 Å². The van der Waals surface area contributed by atoms with Gasteiger partial charge in [-0.3, -0.25) is 9.59 Å². The average molecular weight is 582 g/mol. The molecule has 4 atom stereocenters. The van der Waals surface area contributed by atoms with E-state index in [1.54, 1.807) is 17.0 Å². The summed E-state index contributed by atoms with van der Waals surface area (Å²) in [4.78, 5) is 30.6. The van der Waals surface area contributed by atoms with E-state index in [0.717, 1.165) is 37.7 Å². The van der Waals surface area contributed by atoms with E-state index >= 15 is 0 Å². The van der Waals surface area contributed by atoms with Gasteiger partial charge in [-0.2, -0.15) is 13.2 Å². The molecule has 12 heteroatoms. The number of aromatic nitrogens is 3. The standard InChI is InChI=1S/C28H35ClF3N5O3/c1-16-6-4-5-7-18(16)27(39)37-13-11-19-20(29)8-9-23(24(19)22(37)14-36-12-10-17(2)26(36)38)40-15-21-25(28(30,31)32)35(3)34-33-21/h8-9,16-18,22H,4-7,10-15H2,1-3H3/t16-,17-,18+,22+/m0/s1. The predicted molar refractivity (Wildman–Crippen MR) is 141 cm³/mol. The second-order valence-corrected chi connectivity index (χ2v) is 11.8. The van der Waals surface area contributed by atoms with Crippen LogP contribution in [0.15, 0.2) is 12.1 Å². The van der Waals surface area contributed by atoms with Gasteiger partial charge in [-0.15, -0.1) is 5.10 Å². The van der Waals surface area contributed by atoms with E-state index in [1.165, 1.54) is 7.05 Å². The molecule has 5 rings (SSSR count).